The largest absolute Gasteiger partial charge is 0.338 e. The Balaban J connectivity index is 2.35. The zero-order valence-electron chi connectivity index (χ0n) is 9.33. The molecular formula is C11H12N4OS. The predicted molar refractivity (Wildman–Crippen MR) is 67.6 cm³/mol. The summed E-state index contributed by atoms with van der Waals surface area (Å²) in [5.41, 5.74) is 0. The summed E-state index contributed by atoms with van der Waals surface area (Å²) in [4.78, 5) is 21.8. The summed E-state index contributed by atoms with van der Waals surface area (Å²) in [6.45, 7) is 2.43. The van der Waals surface area contributed by atoms with Crippen LogP contribution in [0.15, 0.2) is 36.0 Å². The molecule has 0 radical (unpaired) electrons. The molecule has 2 rings (SSSR count). The predicted octanol–water partition coefficient (Wildman–Crippen LogP) is 2.41. The average molecular weight is 248 g/mol. The molecule has 0 saturated carbocycles. The second-order valence-corrected chi connectivity index (χ2v) is 4.05. The van der Waals surface area contributed by atoms with Crippen LogP contribution >= 0.6 is 11.3 Å². The van der Waals surface area contributed by atoms with Gasteiger partial charge in [-0.15, -0.1) is 11.3 Å². The van der Waals surface area contributed by atoms with Gasteiger partial charge in [0.2, 0.25) is 0 Å². The fourth-order valence-electron chi connectivity index (χ4n) is 1.33. The van der Waals surface area contributed by atoms with Crippen molar-refractivity contribution in [3.63, 3.8) is 0 Å². The quantitative estimate of drug-likeness (QED) is 0.907. The Morgan fingerprint density at radius 3 is 2.88 bits per heavy atom. The maximum absolute atomic E-state index is 12.0. The number of nitrogens with zero attached hydrogens (tertiary/aromatic N) is 3. The van der Waals surface area contributed by atoms with Crippen molar-refractivity contribution in [2.45, 2.75) is 6.92 Å². The van der Waals surface area contributed by atoms with Gasteiger partial charge < -0.3 is 5.32 Å². The first-order chi connectivity index (χ1) is 8.33. The number of nitrogens with one attached hydrogen (secondary N) is 1. The van der Waals surface area contributed by atoms with Crippen molar-refractivity contribution in [1.82, 2.24) is 15.3 Å². The number of anilines is 2. The molecule has 0 fully saturated rings. The highest BCUT2D eigenvalue weighted by Crippen LogP contribution is 2.25. The number of carbonyl (C=O) groups excluding carboxylic acids is 1. The van der Waals surface area contributed by atoms with E-state index in [2.05, 4.69) is 15.3 Å². The Hall–Kier alpha value is -1.95. The highest BCUT2D eigenvalue weighted by Gasteiger charge is 2.20. The lowest BCUT2D eigenvalue weighted by molar-refractivity contribution is 0.249. The molecule has 0 saturated heterocycles. The van der Waals surface area contributed by atoms with Crippen molar-refractivity contribution in [3.05, 3.63) is 36.0 Å². The summed E-state index contributed by atoms with van der Waals surface area (Å²) in [6.07, 6.45) is 3.31. The van der Waals surface area contributed by atoms with Crippen LogP contribution in [0.3, 0.4) is 0 Å². The van der Waals surface area contributed by atoms with E-state index in [1.165, 1.54) is 16.2 Å². The van der Waals surface area contributed by atoms with Crippen LogP contribution in [0.2, 0.25) is 0 Å². The smallest absolute Gasteiger partial charge is 0.329 e. The van der Waals surface area contributed by atoms with E-state index >= 15 is 0 Å². The second-order valence-electron chi connectivity index (χ2n) is 3.17. The maximum atomic E-state index is 12.0. The van der Waals surface area contributed by atoms with Gasteiger partial charge in [0.05, 0.1) is 0 Å². The molecule has 0 unspecified atom stereocenters. The van der Waals surface area contributed by atoms with Crippen LogP contribution in [0, 0.1) is 0 Å². The lowest BCUT2D eigenvalue weighted by Crippen LogP contribution is -2.37. The maximum Gasteiger partial charge on any atom is 0.329 e. The number of hydrogen-bond donors (Lipinski definition) is 1. The van der Waals surface area contributed by atoms with Gasteiger partial charge in [-0.05, 0) is 19.1 Å². The molecule has 1 N–H and O–H groups in total. The molecule has 0 atom stereocenters. The topological polar surface area (TPSA) is 58.1 Å². The number of carbonyl (C=O) groups is 1. The van der Waals surface area contributed by atoms with Gasteiger partial charge in [-0.2, -0.15) is 0 Å². The molecule has 2 amide bonds. The van der Waals surface area contributed by atoms with Crippen molar-refractivity contribution in [2.24, 2.45) is 0 Å². The van der Waals surface area contributed by atoms with E-state index in [0.717, 1.165) is 0 Å². The lowest BCUT2D eigenvalue weighted by Gasteiger charge is -2.18. The Kier molecular flexibility index (Phi) is 3.66. The highest BCUT2D eigenvalue weighted by atomic mass is 32.1. The van der Waals surface area contributed by atoms with E-state index in [9.17, 15) is 4.79 Å². The molecule has 0 aromatic carbocycles. The molecule has 5 nitrogen and oxygen atoms in total. The Labute approximate surface area is 103 Å². The first-order valence-corrected chi connectivity index (χ1v) is 6.09. The van der Waals surface area contributed by atoms with Crippen LogP contribution in [0.4, 0.5) is 15.7 Å². The fourth-order valence-corrected chi connectivity index (χ4v) is 1.98. The molecular weight excluding hydrogens is 236 g/mol. The standard InChI is InChI=1S/C11H12N4OS/c1-2-12-10(16)15(11-14-7-8-17-11)9-5-3-4-6-13-9/h3-8H,2H2,1H3,(H,12,16). The molecule has 0 aliphatic heterocycles. The molecule has 6 heteroatoms. The van der Waals surface area contributed by atoms with Crippen molar-refractivity contribution < 1.29 is 4.79 Å². The van der Waals surface area contributed by atoms with Crippen LogP contribution in [0.5, 0.6) is 0 Å². The first kappa shape index (κ1) is 11.5. The van der Waals surface area contributed by atoms with E-state index in [1.807, 2.05) is 18.4 Å². The number of aromatic nitrogens is 2. The zero-order chi connectivity index (χ0) is 12.1. The Morgan fingerprint density at radius 2 is 2.29 bits per heavy atom. The Morgan fingerprint density at radius 1 is 1.41 bits per heavy atom. The summed E-state index contributed by atoms with van der Waals surface area (Å²) in [7, 11) is 0. The van der Waals surface area contributed by atoms with Gasteiger partial charge >= 0.3 is 6.03 Å². The minimum absolute atomic E-state index is 0.221. The first-order valence-electron chi connectivity index (χ1n) is 5.21. The van der Waals surface area contributed by atoms with E-state index in [1.54, 1.807) is 24.5 Å². The highest BCUT2D eigenvalue weighted by molar-refractivity contribution is 7.13. The van der Waals surface area contributed by atoms with Gasteiger partial charge in [-0.25, -0.2) is 19.7 Å². The molecule has 0 spiro atoms. The molecule has 0 bridgehead atoms. The molecule has 2 aromatic rings. The zero-order valence-corrected chi connectivity index (χ0v) is 10.1. The summed E-state index contributed by atoms with van der Waals surface area (Å²) in [5, 5.41) is 5.18. The lowest BCUT2D eigenvalue weighted by atomic mass is 10.4. The average Bonchev–Trinajstić information content (AvgIpc) is 2.85. The Bertz CT molecular complexity index is 471. The van der Waals surface area contributed by atoms with E-state index in [4.69, 9.17) is 0 Å². The van der Waals surface area contributed by atoms with Crippen LogP contribution in [0.25, 0.3) is 0 Å². The number of rotatable bonds is 3. The number of hydrogen-bond acceptors (Lipinski definition) is 4. The van der Waals surface area contributed by atoms with E-state index in [0.29, 0.717) is 17.5 Å². The molecule has 17 heavy (non-hydrogen) atoms. The SMILES string of the molecule is CCNC(=O)N(c1ccccn1)c1nccs1. The molecule has 2 aromatic heterocycles. The van der Waals surface area contributed by atoms with Crippen LogP contribution in [-0.4, -0.2) is 22.5 Å². The van der Waals surface area contributed by atoms with Crippen LogP contribution in [0.1, 0.15) is 6.92 Å². The monoisotopic (exact) mass is 248 g/mol. The number of urea groups is 1. The molecule has 88 valence electrons. The molecule has 0 aliphatic rings. The minimum atomic E-state index is -0.221. The third-order valence-corrected chi connectivity index (χ3v) is 2.78. The summed E-state index contributed by atoms with van der Waals surface area (Å²) < 4.78 is 0. The molecule has 2 heterocycles. The summed E-state index contributed by atoms with van der Waals surface area (Å²) in [6, 6.07) is 5.20. The summed E-state index contributed by atoms with van der Waals surface area (Å²) in [5.74, 6) is 0.563. The third-order valence-electron chi connectivity index (χ3n) is 2.02. The van der Waals surface area contributed by atoms with Gasteiger partial charge in [-0.1, -0.05) is 6.07 Å². The fraction of sp³-hybridized carbons (Fsp3) is 0.182. The van der Waals surface area contributed by atoms with Crippen molar-refractivity contribution >= 4 is 28.3 Å². The van der Waals surface area contributed by atoms with Gasteiger partial charge in [0.1, 0.15) is 5.82 Å². The van der Waals surface area contributed by atoms with Crippen molar-refractivity contribution in [1.29, 1.82) is 0 Å². The minimum Gasteiger partial charge on any atom is -0.338 e. The van der Waals surface area contributed by atoms with Gasteiger partial charge in [-0.3, -0.25) is 0 Å². The van der Waals surface area contributed by atoms with Crippen molar-refractivity contribution in [2.75, 3.05) is 11.4 Å². The van der Waals surface area contributed by atoms with Crippen molar-refractivity contribution in [3.8, 4) is 0 Å². The van der Waals surface area contributed by atoms with Gasteiger partial charge in [0.25, 0.3) is 0 Å². The van der Waals surface area contributed by atoms with Gasteiger partial charge in [0, 0.05) is 24.3 Å². The van der Waals surface area contributed by atoms with Crippen LogP contribution < -0.4 is 10.2 Å². The van der Waals surface area contributed by atoms with E-state index < -0.39 is 0 Å². The second kappa shape index (κ2) is 5.40. The van der Waals surface area contributed by atoms with Gasteiger partial charge in [0.15, 0.2) is 5.13 Å². The molecule has 0 aliphatic carbocycles. The normalized spacial score (nSPS) is 9.94. The number of pyridine rings is 1. The number of thiazole rings is 1. The van der Waals surface area contributed by atoms with Crippen LogP contribution in [-0.2, 0) is 0 Å². The van der Waals surface area contributed by atoms with E-state index in [-0.39, 0.29) is 6.03 Å². The number of amides is 2. The summed E-state index contributed by atoms with van der Waals surface area (Å²) >= 11 is 1.39. The third kappa shape index (κ3) is 2.59.